The number of ether oxygens (including phenoxy) is 1. The lowest BCUT2D eigenvalue weighted by molar-refractivity contribution is -0.117. The first-order valence-corrected chi connectivity index (χ1v) is 9.29. The lowest BCUT2D eigenvalue weighted by atomic mass is 10.1. The summed E-state index contributed by atoms with van der Waals surface area (Å²) in [6.07, 6.45) is 3.37. The third kappa shape index (κ3) is 4.26. The Morgan fingerprint density at radius 1 is 1.24 bits per heavy atom. The van der Waals surface area contributed by atoms with Crippen molar-refractivity contribution in [2.45, 2.75) is 19.0 Å². The van der Waals surface area contributed by atoms with Gasteiger partial charge in [-0.2, -0.15) is 5.10 Å². The molecule has 0 saturated carbocycles. The zero-order valence-electron chi connectivity index (χ0n) is 16.0. The van der Waals surface area contributed by atoms with Gasteiger partial charge in [-0.25, -0.2) is 9.67 Å². The summed E-state index contributed by atoms with van der Waals surface area (Å²) in [7, 11) is 1.59. The monoisotopic (exact) mass is 391 g/mol. The van der Waals surface area contributed by atoms with Crippen molar-refractivity contribution in [3.8, 4) is 5.75 Å². The predicted molar refractivity (Wildman–Crippen MR) is 107 cm³/mol. The fraction of sp³-hybridized carbons (Fsp3) is 0.238. The van der Waals surface area contributed by atoms with Gasteiger partial charge in [-0.1, -0.05) is 18.2 Å². The van der Waals surface area contributed by atoms with Crippen molar-refractivity contribution >= 4 is 17.5 Å². The van der Waals surface area contributed by atoms with Gasteiger partial charge in [0.2, 0.25) is 5.91 Å². The van der Waals surface area contributed by atoms with E-state index in [0.717, 1.165) is 11.3 Å². The lowest BCUT2D eigenvalue weighted by Crippen LogP contribution is -2.37. The molecular weight excluding hydrogens is 370 g/mol. The summed E-state index contributed by atoms with van der Waals surface area (Å²) in [5, 5.41) is 7.05. The standard InChI is InChI=1S/C21H21N5O3/c1-29-19-7-3-6-18(10-19)26-12-17(9-20(26)27)24-21(28)16-5-2-4-15(8-16)11-25-14-22-13-23-25/h2-8,10,13-14,17H,9,11-12H2,1H3,(H,24,28)/t17-/m0/s1. The predicted octanol–water partition coefficient (Wildman–Crippen LogP) is 1.87. The van der Waals surface area contributed by atoms with Crippen molar-refractivity contribution in [1.29, 1.82) is 0 Å². The molecule has 1 aliphatic rings. The normalized spacial score (nSPS) is 16.1. The molecule has 0 aliphatic carbocycles. The molecule has 148 valence electrons. The quantitative estimate of drug-likeness (QED) is 0.693. The minimum atomic E-state index is -0.250. The zero-order valence-corrected chi connectivity index (χ0v) is 16.0. The van der Waals surface area contributed by atoms with E-state index in [9.17, 15) is 9.59 Å². The summed E-state index contributed by atoms with van der Waals surface area (Å²) in [6, 6.07) is 14.5. The maximum atomic E-state index is 12.7. The van der Waals surface area contributed by atoms with Gasteiger partial charge in [-0.15, -0.1) is 0 Å². The van der Waals surface area contributed by atoms with E-state index in [1.807, 2.05) is 42.5 Å². The summed E-state index contributed by atoms with van der Waals surface area (Å²) in [4.78, 5) is 30.8. The number of carbonyl (C=O) groups excluding carboxylic acids is 2. The van der Waals surface area contributed by atoms with Crippen LogP contribution in [0.2, 0.25) is 0 Å². The van der Waals surface area contributed by atoms with E-state index in [4.69, 9.17) is 4.74 Å². The van der Waals surface area contributed by atoms with Gasteiger partial charge in [0.25, 0.3) is 5.91 Å². The Hall–Kier alpha value is -3.68. The minimum absolute atomic E-state index is 0.0246. The zero-order chi connectivity index (χ0) is 20.2. The highest BCUT2D eigenvalue weighted by atomic mass is 16.5. The first-order chi connectivity index (χ1) is 14.1. The second kappa shape index (κ2) is 8.14. The maximum absolute atomic E-state index is 12.7. The van der Waals surface area contributed by atoms with E-state index in [0.29, 0.717) is 24.4 Å². The number of rotatable bonds is 6. The summed E-state index contributed by atoms with van der Waals surface area (Å²) < 4.78 is 6.92. The SMILES string of the molecule is COc1cccc(N2C[C@@H](NC(=O)c3cccc(Cn4cncn4)c3)CC2=O)c1. The summed E-state index contributed by atoms with van der Waals surface area (Å²) in [5.41, 5.74) is 2.26. The van der Waals surface area contributed by atoms with Crippen LogP contribution in [0.1, 0.15) is 22.3 Å². The number of carbonyl (C=O) groups is 2. The van der Waals surface area contributed by atoms with Gasteiger partial charge in [-0.3, -0.25) is 9.59 Å². The van der Waals surface area contributed by atoms with Crippen LogP contribution in [0.15, 0.2) is 61.2 Å². The highest BCUT2D eigenvalue weighted by molar-refractivity contribution is 5.99. The molecule has 1 saturated heterocycles. The Morgan fingerprint density at radius 2 is 2.10 bits per heavy atom. The molecule has 0 bridgehead atoms. The molecule has 29 heavy (non-hydrogen) atoms. The van der Waals surface area contributed by atoms with Gasteiger partial charge in [0.15, 0.2) is 0 Å². The summed E-state index contributed by atoms with van der Waals surface area (Å²) in [5.74, 6) is 0.464. The van der Waals surface area contributed by atoms with Crippen LogP contribution >= 0.6 is 0 Å². The second-order valence-corrected chi connectivity index (χ2v) is 6.87. The molecule has 2 heterocycles. The summed E-state index contributed by atoms with van der Waals surface area (Å²) >= 11 is 0. The topological polar surface area (TPSA) is 89.3 Å². The van der Waals surface area contributed by atoms with Crippen LogP contribution in [-0.4, -0.2) is 46.3 Å². The molecule has 1 N–H and O–H groups in total. The van der Waals surface area contributed by atoms with Gasteiger partial charge in [-0.05, 0) is 29.8 Å². The van der Waals surface area contributed by atoms with Crippen LogP contribution < -0.4 is 15.0 Å². The number of hydrogen-bond donors (Lipinski definition) is 1. The Kier molecular flexibility index (Phi) is 5.24. The van der Waals surface area contributed by atoms with Gasteiger partial charge in [0, 0.05) is 30.3 Å². The van der Waals surface area contributed by atoms with E-state index in [-0.39, 0.29) is 24.3 Å². The van der Waals surface area contributed by atoms with Crippen LogP contribution in [0.5, 0.6) is 5.75 Å². The average molecular weight is 391 g/mol. The van der Waals surface area contributed by atoms with Crippen LogP contribution in [0.25, 0.3) is 0 Å². The van der Waals surface area contributed by atoms with Crippen molar-refractivity contribution in [2.75, 3.05) is 18.6 Å². The fourth-order valence-electron chi connectivity index (χ4n) is 3.41. The largest absolute Gasteiger partial charge is 0.497 e. The maximum Gasteiger partial charge on any atom is 0.251 e. The Balaban J connectivity index is 1.42. The smallest absolute Gasteiger partial charge is 0.251 e. The lowest BCUT2D eigenvalue weighted by Gasteiger charge is -2.18. The number of nitrogens with one attached hydrogen (secondary N) is 1. The molecular formula is C21H21N5O3. The van der Waals surface area contributed by atoms with Gasteiger partial charge < -0.3 is 15.0 Å². The number of amides is 2. The molecule has 4 rings (SSSR count). The Labute approximate surface area is 168 Å². The second-order valence-electron chi connectivity index (χ2n) is 6.87. The number of aromatic nitrogens is 3. The Morgan fingerprint density at radius 3 is 2.90 bits per heavy atom. The molecule has 1 fully saturated rings. The first kappa shape index (κ1) is 18.7. The van der Waals surface area contributed by atoms with E-state index in [1.54, 1.807) is 29.1 Å². The molecule has 8 nitrogen and oxygen atoms in total. The van der Waals surface area contributed by atoms with Crippen molar-refractivity contribution in [2.24, 2.45) is 0 Å². The van der Waals surface area contributed by atoms with Crippen molar-refractivity contribution in [3.05, 3.63) is 72.3 Å². The van der Waals surface area contributed by atoms with Crippen molar-refractivity contribution in [3.63, 3.8) is 0 Å². The average Bonchev–Trinajstić information content (AvgIpc) is 3.37. The number of benzene rings is 2. The molecule has 0 unspecified atom stereocenters. The molecule has 1 atom stereocenters. The number of hydrogen-bond acceptors (Lipinski definition) is 5. The molecule has 0 radical (unpaired) electrons. The highest BCUT2D eigenvalue weighted by Gasteiger charge is 2.32. The minimum Gasteiger partial charge on any atom is -0.497 e. The number of nitrogens with zero attached hydrogens (tertiary/aromatic N) is 4. The molecule has 0 spiro atoms. The van der Waals surface area contributed by atoms with Crippen LogP contribution in [0.4, 0.5) is 5.69 Å². The van der Waals surface area contributed by atoms with Gasteiger partial charge >= 0.3 is 0 Å². The highest BCUT2D eigenvalue weighted by Crippen LogP contribution is 2.25. The molecule has 1 aliphatic heterocycles. The van der Waals surface area contributed by atoms with E-state index in [1.165, 1.54) is 6.33 Å². The van der Waals surface area contributed by atoms with Crippen molar-refractivity contribution in [1.82, 2.24) is 20.1 Å². The molecule has 2 aromatic carbocycles. The molecule has 2 amide bonds. The van der Waals surface area contributed by atoms with E-state index >= 15 is 0 Å². The summed E-state index contributed by atoms with van der Waals surface area (Å²) in [6.45, 7) is 0.961. The fourth-order valence-corrected chi connectivity index (χ4v) is 3.41. The van der Waals surface area contributed by atoms with Gasteiger partial charge in [0.05, 0.1) is 19.7 Å². The molecule has 8 heteroatoms. The third-order valence-electron chi connectivity index (χ3n) is 4.83. The van der Waals surface area contributed by atoms with Crippen LogP contribution in [0, 0.1) is 0 Å². The first-order valence-electron chi connectivity index (χ1n) is 9.29. The van der Waals surface area contributed by atoms with E-state index in [2.05, 4.69) is 15.4 Å². The number of anilines is 1. The van der Waals surface area contributed by atoms with E-state index < -0.39 is 0 Å². The third-order valence-corrected chi connectivity index (χ3v) is 4.83. The molecule has 1 aromatic heterocycles. The van der Waals surface area contributed by atoms with Gasteiger partial charge in [0.1, 0.15) is 18.4 Å². The van der Waals surface area contributed by atoms with Crippen molar-refractivity contribution < 1.29 is 14.3 Å². The number of methoxy groups -OCH3 is 1. The molecule has 3 aromatic rings. The van der Waals surface area contributed by atoms with Crippen LogP contribution in [-0.2, 0) is 11.3 Å². The van der Waals surface area contributed by atoms with Crippen LogP contribution in [0.3, 0.4) is 0 Å². The Bertz CT molecular complexity index is 1020.